The molecule has 0 saturated heterocycles. The molecule has 1 rings (SSSR count). The zero-order valence-corrected chi connectivity index (χ0v) is 9.11. The van der Waals surface area contributed by atoms with Crippen LogP contribution in [0.3, 0.4) is 0 Å². The Morgan fingerprint density at radius 3 is 2.88 bits per heavy atom. The predicted octanol–water partition coefficient (Wildman–Crippen LogP) is 2.11. The van der Waals surface area contributed by atoms with Gasteiger partial charge in [-0.15, -0.1) is 0 Å². The second kappa shape index (κ2) is 5.66. The van der Waals surface area contributed by atoms with Crippen molar-refractivity contribution in [2.45, 2.75) is 6.92 Å². The molecule has 4 nitrogen and oxygen atoms in total. The van der Waals surface area contributed by atoms with Crippen molar-refractivity contribution in [3.8, 4) is 11.8 Å². The molecule has 5 heteroatoms. The number of benzene rings is 1. The summed E-state index contributed by atoms with van der Waals surface area (Å²) in [6.07, 6.45) is 1.37. The van der Waals surface area contributed by atoms with Crippen LogP contribution in [0, 0.1) is 17.1 Å². The third-order valence-electron chi connectivity index (χ3n) is 2.04. The second-order valence-electron chi connectivity index (χ2n) is 3.26. The van der Waals surface area contributed by atoms with Crippen LogP contribution in [-0.2, 0) is 4.79 Å². The molecule has 0 saturated carbocycles. The Morgan fingerprint density at radius 1 is 1.65 bits per heavy atom. The van der Waals surface area contributed by atoms with Crippen molar-refractivity contribution in [3.05, 3.63) is 41.2 Å². The molecule has 0 radical (unpaired) electrons. The van der Waals surface area contributed by atoms with Crippen LogP contribution in [0.25, 0.3) is 0 Å². The van der Waals surface area contributed by atoms with Gasteiger partial charge in [0.05, 0.1) is 5.56 Å². The van der Waals surface area contributed by atoms with Crippen molar-refractivity contribution in [2.75, 3.05) is 6.61 Å². The monoisotopic (exact) mass is 235 g/mol. The standard InChI is InChI=1S/C12H10FNO3/c1-8(12(15)16)4-5-17-10-3-2-9(7-14)11(13)6-10/h2-4,6H,5H2,1H3,(H,15,16). The van der Waals surface area contributed by atoms with Gasteiger partial charge in [0.2, 0.25) is 0 Å². The first-order valence-corrected chi connectivity index (χ1v) is 4.77. The van der Waals surface area contributed by atoms with Crippen LogP contribution < -0.4 is 4.74 Å². The van der Waals surface area contributed by atoms with E-state index in [0.717, 1.165) is 6.07 Å². The van der Waals surface area contributed by atoms with Gasteiger partial charge >= 0.3 is 5.97 Å². The number of rotatable bonds is 4. The van der Waals surface area contributed by atoms with Crippen molar-refractivity contribution >= 4 is 5.97 Å². The number of carboxylic acid groups (broad SMARTS) is 1. The van der Waals surface area contributed by atoms with Crippen molar-refractivity contribution in [2.24, 2.45) is 0 Å². The highest BCUT2D eigenvalue weighted by Gasteiger charge is 2.03. The zero-order valence-electron chi connectivity index (χ0n) is 9.11. The first kappa shape index (κ1) is 12.7. The van der Waals surface area contributed by atoms with Gasteiger partial charge in [0.15, 0.2) is 0 Å². The molecule has 0 bridgehead atoms. The summed E-state index contributed by atoms with van der Waals surface area (Å²) in [5.74, 6) is -1.44. The first-order chi connectivity index (χ1) is 8.04. The number of nitrogens with zero attached hydrogens (tertiary/aromatic N) is 1. The summed E-state index contributed by atoms with van der Waals surface area (Å²) < 4.78 is 18.3. The summed E-state index contributed by atoms with van der Waals surface area (Å²) in [5, 5.41) is 17.1. The van der Waals surface area contributed by atoms with Crippen molar-refractivity contribution in [1.82, 2.24) is 0 Å². The highest BCUT2D eigenvalue weighted by atomic mass is 19.1. The maximum absolute atomic E-state index is 13.2. The maximum Gasteiger partial charge on any atom is 0.331 e. The fraction of sp³-hybridized carbons (Fsp3) is 0.167. The molecule has 0 amide bonds. The number of nitriles is 1. The number of hydrogen-bond acceptors (Lipinski definition) is 3. The third kappa shape index (κ3) is 3.61. The van der Waals surface area contributed by atoms with E-state index < -0.39 is 11.8 Å². The van der Waals surface area contributed by atoms with Gasteiger partial charge in [-0.2, -0.15) is 5.26 Å². The minimum Gasteiger partial charge on any atom is -0.489 e. The Labute approximate surface area is 97.6 Å². The Morgan fingerprint density at radius 2 is 2.35 bits per heavy atom. The van der Waals surface area contributed by atoms with Gasteiger partial charge in [-0.1, -0.05) is 0 Å². The normalized spacial score (nSPS) is 10.8. The number of carboxylic acids is 1. The van der Waals surface area contributed by atoms with Crippen LogP contribution in [-0.4, -0.2) is 17.7 Å². The van der Waals surface area contributed by atoms with Crippen molar-refractivity contribution in [1.29, 1.82) is 5.26 Å². The van der Waals surface area contributed by atoms with E-state index >= 15 is 0 Å². The molecule has 1 N–H and O–H groups in total. The van der Waals surface area contributed by atoms with Gasteiger partial charge < -0.3 is 9.84 Å². The maximum atomic E-state index is 13.2. The molecule has 0 aliphatic carbocycles. The molecule has 0 spiro atoms. The molecule has 0 unspecified atom stereocenters. The molecule has 17 heavy (non-hydrogen) atoms. The van der Waals surface area contributed by atoms with E-state index in [2.05, 4.69) is 0 Å². The average Bonchev–Trinajstić information content (AvgIpc) is 2.29. The zero-order chi connectivity index (χ0) is 12.8. The lowest BCUT2D eigenvalue weighted by Crippen LogP contribution is -2.01. The minimum atomic E-state index is -1.03. The van der Waals surface area contributed by atoms with E-state index in [1.165, 1.54) is 25.1 Å². The Bertz CT molecular complexity index is 503. The number of carbonyl (C=O) groups is 1. The molecular formula is C12H10FNO3. The van der Waals surface area contributed by atoms with Crippen molar-refractivity contribution < 1.29 is 19.0 Å². The van der Waals surface area contributed by atoms with Crippen LogP contribution in [0.2, 0.25) is 0 Å². The number of halogens is 1. The van der Waals surface area contributed by atoms with Crippen LogP contribution >= 0.6 is 0 Å². The van der Waals surface area contributed by atoms with E-state index in [0.29, 0.717) is 0 Å². The molecule has 0 aliphatic rings. The SMILES string of the molecule is CC(=CCOc1ccc(C#N)c(F)c1)C(=O)O. The van der Waals surface area contributed by atoms with Crippen LogP contribution in [0.4, 0.5) is 4.39 Å². The molecular weight excluding hydrogens is 225 g/mol. The number of aliphatic carboxylic acids is 1. The summed E-state index contributed by atoms with van der Waals surface area (Å²) in [6, 6.07) is 5.53. The average molecular weight is 235 g/mol. The Hall–Kier alpha value is -2.35. The van der Waals surface area contributed by atoms with Crippen LogP contribution in [0.1, 0.15) is 12.5 Å². The summed E-state index contributed by atoms with van der Waals surface area (Å²) in [7, 11) is 0. The first-order valence-electron chi connectivity index (χ1n) is 4.77. The summed E-state index contributed by atoms with van der Waals surface area (Å²) in [4.78, 5) is 10.5. The van der Waals surface area contributed by atoms with Crippen molar-refractivity contribution in [3.63, 3.8) is 0 Å². The van der Waals surface area contributed by atoms with Gasteiger partial charge in [-0.25, -0.2) is 9.18 Å². The molecule has 0 atom stereocenters. The highest BCUT2D eigenvalue weighted by Crippen LogP contribution is 2.16. The molecule has 88 valence electrons. The summed E-state index contributed by atoms with van der Waals surface area (Å²) in [6.45, 7) is 1.47. The lowest BCUT2D eigenvalue weighted by molar-refractivity contribution is -0.132. The van der Waals surface area contributed by atoms with E-state index in [4.69, 9.17) is 15.1 Å². The number of ether oxygens (including phenoxy) is 1. The van der Waals surface area contributed by atoms with Gasteiger partial charge in [0.25, 0.3) is 0 Å². The fourth-order valence-electron chi connectivity index (χ4n) is 1.03. The van der Waals surface area contributed by atoms with E-state index in [1.807, 2.05) is 0 Å². The third-order valence-corrected chi connectivity index (χ3v) is 2.04. The lowest BCUT2D eigenvalue weighted by Gasteiger charge is -2.04. The summed E-state index contributed by atoms with van der Waals surface area (Å²) >= 11 is 0. The van der Waals surface area contributed by atoms with Crippen LogP contribution in [0.15, 0.2) is 29.8 Å². The fourth-order valence-corrected chi connectivity index (χ4v) is 1.03. The van der Waals surface area contributed by atoms with E-state index in [-0.39, 0.29) is 23.5 Å². The Kier molecular flexibility index (Phi) is 4.23. The predicted molar refractivity (Wildman–Crippen MR) is 58.0 cm³/mol. The molecule has 0 aliphatic heterocycles. The van der Waals surface area contributed by atoms with Gasteiger partial charge in [0.1, 0.15) is 24.2 Å². The smallest absolute Gasteiger partial charge is 0.331 e. The Balaban J connectivity index is 2.66. The van der Waals surface area contributed by atoms with Gasteiger partial charge in [-0.05, 0) is 25.1 Å². The van der Waals surface area contributed by atoms with E-state index in [1.54, 1.807) is 6.07 Å². The quantitative estimate of drug-likeness (QED) is 0.811. The van der Waals surface area contributed by atoms with Gasteiger partial charge in [-0.3, -0.25) is 0 Å². The van der Waals surface area contributed by atoms with Gasteiger partial charge in [0, 0.05) is 11.6 Å². The number of hydrogen-bond donors (Lipinski definition) is 1. The molecule has 0 heterocycles. The second-order valence-corrected chi connectivity index (χ2v) is 3.26. The molecule has 1 aromatic carbocycles. The molecule has 0 fully saturated rings. The van der Waals surface area contributed by atoms with E-state index in [9.17, 15) is 9.18 Å². The molecule has 1 aromatic rings. The lowest BCUT2D eigenvalue weighted by atomic mass is 10.2. The summed E-state index contributed by atoms with van der Waals surface area (Å²) in [5.41, 5.74) is 0.0914. The largest absolute Gasteiger partial charge is 0.489 e. The minimum absolute atomic E-state index is 0.0312. The highest BCUT2D eigenvalue weighted by molar-refractivity contribution is 5.85. The van der Waals surface area contributed by atoms with Crippen LogP contribution in [0.5, 0.6) is 5.75 Å². The topological polar surface area (TPSA) is 70.3 Å². The molecule has 0 aromatic heterocycles.